The first-order valence-electron chi connectivity index (χ1n) is 17.0. The summed E-state index contributed by atoms with van der Waals surface area (Å²) in [6, 6.07) is 61.2. The lowest BCUT2D eigenvalue weighted by Gasteiger charge is -2.39. The van der Waals surface area contributed by atoms with Crippen molar-refractivity contribution in [2.75, 3.05) is 0 Å². The Bertz CT molecular complexity index is 2360. The Morgan fingerprint density at radius 1 is 0.540 bits per heavy atom. The van der Waals surface area contributed by atoms with Gasteiger partial charge in [0.15, 0.2) is 0 Å². The van der Waals surface area contributed by atoms with E-state index in [9.17, 15) is 0 Å². The number of fused-ring (bicyclic) bond motifs is 9. The summed E-state index contributed by atoms with van der Waals surface area (Å²) in [4.78, 5) is 5.12. The molecule has 238 valence electrons. The quantitative estimate of drug-likeness (QED) is 0.184. The van der Waals surface area contributed by atoms with Crippen molar-refractivity contribution in [2.45, 2.75) is 11.5 Å². The number of rotatable bonds is 6. The van der Waals surface area contributed by atoms with E-state index in [1.807, 2.05) is 42.6 Å². The summed E-state index contributed by atoms with van der Waals surface area (Å²) in [6.45, 7) is 0. The van der Waals surface area contributed by atoms with Crippen LogP contribution in [0.5, 0.6) is 11.5 Å². The van der Waals surface area contributed by atoms with Crippen LogP contribution in [-0.2, 0) is 5.41 Å². The molecule has 3 nitrogen and oxygen atoms in total. The van der Waals surface area contributed by atoms with Crippen molar-refractivity contribution < 1.29 is 4.74 Å². The SMILES string of the molecule is NC(/C=C(\N=Cc1ccccc1)c1ccc2c(c1)C1(c3ccccc3Oc3ccccc31)c1ccccc1-2)c1ccc(-c2ccccc2)cc1. The van der Waals surface area contributed by atoms with E-state index in [-0.39, 0.29) is 6.04 Å². The molecule has 2 aliphatic rings. The summed E-state index contributed by atoms with van der Waals surface area (Å²) in [7, 11) is 0. The van der Waals surface area contributed by atoms with Crippen molar-refractivity contribution in [3.05, 3.63) is 221 Å². The fourth-order valence-corrected chi connectivity index (χ4v) is 7.71. The van der Waals surface area contributed by atoms with Crippen molar-refractivity contribution in [2.24, 2.45) is 10.7 Å². The molecule has 1 heterocycles. The largest absolute Gasteiger partial charge is 0.457 e. The maximum absolute atomic E-state index is 6.97. The van der Waals surface area contributed by atoms with Gasteiger partial charge in [-0.05, 0) is 68.8 Å². The molecular weight excluding hydrogens is 609 g/mol. The standard InChI is InChI=1S/C47H34N2O/c48-43(35-25-23-34(24-26-35)33-15-5-2-6-16-33)30-44(49-31-32-13-3-1-4-14-32)36-27-28-38-37-17-7-8-18-39(37)47(42(38)29-36)40-19-9-11-21-45(40)50-46-22-12-10-20-41(46)47/h1-31,43H,48H2/b44-30-,49-31?. The highest BCUT2D eigenvalue weighted by Gasteiger charge is 2.51. The van der Waals surface area contributed by atoms with Crippen LogP contribution < -0.4 is 10.5 Å². The predicted octanol–water partition coefficient (Wildman–Crippen LogP) is 11.0. The molecule has 0 bridgehead atoms. The monoisotopic (exact) mass is 642 g/mol. The minimum atomic E-state index is -0.559. The minimum Gasteiger partial charge on any atom is -0.457 e. The molecule has 7 aromatic rings. The molecule has 1 spiro atoms. The van der Waals surface area contributed by atoms with Crippen LogP contribution in [0, 0.1) is 0 Å². The van der Waals surface area contributed by atoms with Crippen LogP contribution in [-0.4, -0.2) is 6.21 Å². The van der Waals surface area contributed by atoms with E-state index >= 15 is 0 Å². The number of benzene rings is 7. The smallest absolute Gasteiger partial charge is 0.132 e. The maximum atomic E-state index is 6.97. The highest BCUT2D eigenvalue weighted by atomic mass is 16.5. The Kier molecular flexibility index (Phi) is 7.34. The summed E-state index contributed by atoms with van der Waals surface area (Å²) >= 11 is 0. The van der Waals surface area contributed by atoms with Crippen molar-refractivity contribution in [3.63, 3.8) is 0 Å². The molecule has 3 heteroatoms. The molecule has 0 saturated heterocycles. The van der Waals surface area contributed by atoms with E-state index in [2.05, 4.69) is 146 Å². The van der Waals surface area contributed by atoms with E-state index < -0.39 is 5.41 Å². The first kappa shape index (κ1) is 29.8. The van der Waals surface area contributed by atoms with Gasteiger partial charge in [-0.2, -0.15) is 0 Å². The van der Waals surface area contributed by atoms with Gasteiger partial charge < -0.3 is 10.5 Å². The van der Waals surface area contributed by atoms with Crippen molar-refractivity contribution in [1.82, 2.24) is 0 Å². The third kappa shape index (κ3) is 4.91. The summed E-state index contributed by atoms with van der Waals surface area (Å²) in [6.07, 6.45) is 4.01. The van der Waals surface area contributed by atoms with E-state index in [0.717, 1.165) is 50.6 Å². The second-order valence-electron chi connectivity index (χ2n) is 12.9. The van der Waals surface area contributed by atoms with Crippen LogP contribution in [0.3, 0.4) is 0 Å². The van der Waals surface area contributed by atoms with Crippen LogP contribution in [0.1, 0.15) is 45.0 Å². The van der Waals surface area contributed by atoms with Crippen LogP contribution >= 0.6 is 0 Å². The second kappa shape index (κ2) is 12.3. The van der Waals surface area contributed by atoms with Crippen molar-refractivity contribution in [3.8, 4) is 33.8 Å². The third-order valence-electron chi connectivity index (χ3n) is 10.0. The van der Waals surface area contributed by atoms with Gasteiger partial charge in [0.1, 0.15) is 11.5 Å². The zero-order chi connectivity index (χ0) is 33.5. The molecular formula is C47H34N2O. The molecule has 0 amide bonds. The molecule has 1 aliphatic carbocycles. The lowest BCUT2D eigenvalue weighted by atomic mass is 9.66. The number of hydrogen-bond donors (Lipinski definition) is 1. The van der Waals surface area contributed by atoms with Gasteiger partial charge in [0.05, 0.1) is 17.2 Å². The summed E-state index contributed by atoms with van der Waals surface area (Å²) in [5.41, 5.74) is 19.8. The Labute approximate surface area is 292 Å². The van der Waals surface area contributed by atoms with Crippen LogP contribution in [0.2, 0.25) is 0 Å². The average Bonchev–Trinajstić information content (AvgIpc) is 3.47. The number of aliphatic imine (C=N–C) groups is 1. The molecule has 0 fully saturated rings. The van der Waals surface area contributed by atoms with Gasteiger partial charge in [-0.15, -0.1) is 0 Å². The molecule has 50 heavy (non-hydrogen) atoms. The Balaban J connectivity index is 1.22. The van der Waals surface area contributed by atoms with E-state index in [1.54, 1.807) is 0 Å². The van der Waals surface area contributed by atoms with Crippen molar-refractivity contribution >= 4 is 11.9 Å². The topological polar surface area (TPSA) is 47.6 Å². The van der Waals surface area contributed by atoms with Gasteiger partial charge in [0.2, 0.25) is 0 Å². The zero-order valence-electron chi connectivity index (χ0n) is 27.4. The minimum absolute atomic E-state index is 0.369. The van der Waals surface area contributed by atoms with Gasteiger partial charge in [0.25, 0.3) is 0 Å². The zero-order valence-corrected chi connectivity index (χ0v) is 27.4. The second-order valence-corrected chi connectivity index (χ2v) is 12.9. The van der Waals surface area contributed by atoms with Gasteiger partial charge in [-0.3, -0.25) is 4.99 Å². The Morgan fingerprint density at radius 2 is 1.10 bits per heavy atom. The van der Waals surface area contributed by atoms with Gasteiger partial charge in [-0.1, -0.05) is 158 Å². The molecule has 7 aromatic carbocycles. The van der Waals surface area contributed by atoms with E-state index in [4.69, 9.17) is 15.5 Å². The lowest BCUT2D eigenvalue weighted by molar-refractivity contribution is 0.436. The fraction of sp³-hybridized carbons (Fsp3) is 0.0426. The first-order chi connectivity index (χ1) is 24.7. The number of para-hydroxylation sites is 2. The molecule has 1 unspecified atom stereocenters. The number of nitrogens with two attached hydrogens (primary N) is 1. The van der Waals surface area contributed by atoms with E-state index in [1.165, 1.54) is 27.8 Å². The molecule has 0 saturated carbocycles. The fourth-order valence-electron chi connectivity index (χ4n) is 7.71. The Morgan fingerprint density at radius 3 is 1.80 bits per heavy atom. The first-order valence-corrected chi connectivity index (χ1v) is 17.0. The third-order valence-corrected chi connectivity index (χ3v) is 10.0. The molecule has 1 aliphatic heterocycles. The van der Waals surface area contributed by atoms with Crippen molar-refractivity contribution in [1.29, 1.82) is 0 Å². The highest BCUT2D eigenvalue weighted by Crippen LogP contribution is 2.62. The van der Waals surface area contributed by atoms with Gasteiger partial charge >= 0.3 is 0 Å². The van der Waals surface area contributed by atoms with Crippen LogP contribution in [0.4, 0.5) is 0 Å². The number of nitrogens with zero attached hydrogens (tertiary/aromatic N) is 1. The van der Waals surface area contributed by atoms with Gasteiger partial charge in [-0.25, -0.2) is 0 Å². The molecule has 9 rings (SSSR count). The van der Waals surface area contributed by atoms with E-state index in [0.29, 0.717) is 0 Å². The Hall–Kier alpha value is -6.29. The molecule has 2 N–H and O–H groups in total. The normalized spacial score (nSPS) is 14.4. The summed E-state index contributed by atoms with van der Waals surface area (Å²) in [5.74, 6) is 1.75. The molecule has 0 radical (unpaired) electrons. The molecule has 0 aromatic heterocycles. The highest BCUT2D eigenvalue weighted by molar-refractivity contribution is 5.91. The summed E-state index contributed by atoms with van der Waals surface area (Å²) in [5, 5.41) is 0. The average molecular weight is 643 g/mol. The number of hydrogen-bond acceptors (Lipinski definition) is 3. The van der Waals surface area contributed by atoms with Crippen LogP contribution in [0.15, 0.2) is 187 Å². The summed E-state index contributed by atoms with van der Waals surface area (Å²) < 4.78 is 6.55. The van der Waals surface area contributed by atoms with Gasteiger partial charge in [0, 0.05) is 22.9 Å². The number of ether oxygens (including phenoxy) is 1. The maximum Gasteiger partial charge on any atom is 0.132 e. The molecule has 1 atom stereocenters. The lowest BCUT2D eigenvalue weighted by Crippen LogP contribution is -2.32. The predicted molar refractivity (Wildman–Crippen MR) is 205 cm³/mol. The van der Waals surface area contributed by atoms with Crippen LogP contribution in [0.25, 0.3) is 28.0 Å².